The molecule has 0 unspecified atom stereocenters. The van der Waals surface area contributed by atoms with Crippen molar-refractivity contribution in [2.24, 2.45) is 5.92 Å². The van der Waals surface area contributed by atoms with E-state index < -0.39 is 0 Å². The predicted octanol–water partition coefficient (Wildman–Crippen LogP) is 2.36. The van der Waals surface area contributed by atoms with Gasteiger partial charge in [0.1, 0.15) is 23.0 Å². The number of hydrogen-bond donors (Lipinski definition) is 1. The van der Waals surface area contributed by atoms with E-state index in [2.05, 4.69) is 10.2 Å². The van der Waals surface area contributed by atoms with Gasteiger partial charge in [0.05, 0.1) is 18.3 Å². The fourth-order valence-electron chi connectivity index (χ4n) is 3.63. The van der Waals surface area contributed by atoms with E-state index >= 15 is 0 Å². The topological polar surface area (TPSA) is 33.7 Å². The third-order valence-corrected chi connectivity index (χ3v) is 5.79. The first-order valence-corrected chi connectivity index (χ1v) is 9.07. The Morgan fingerprint density at radius 2 is 1.65 bits per heavy atom. The van der Waals surface area contributed by atoms with Crippen LogP contribution in [0.25, 0.3) is 0 Å². The molecule has 0 spiro atoms. The molecule has 4 nitrogen and oxygen atoms in total. The summed E-state index contributed by atoms with van der Waals surface area (Å²) in [6.07, 6.45) is 8.76. The summed E-state index contributed by atoms with van der Waals surface area (Å²) in [4.78, 5) is 2.66. The van der Waals surface area contributed by atoms with Crippen molar-refractivity contribution in [2.75, 3.05) is 32.7 Å². The Bertz CT molecular complexity index is 286. The van der Waals surface area contributed by atoms with Gasteiger partial charge in [-0.15, -0.1) is 0 Å². The SMILES string of the molecule is IO[C@H]1C[C@H](OC2CCN(CC3CCNCC3)CC2)C1. The monoisotopic (exact) mass is 394 g/mol. The third-order valence-electron chi connectivity index (χ3n) is 5.07. The summed E-state index contributed by atoms with van der Waals surface area (Å²) >= 11 is 2.01. The number of likely N-dealkylation sites (tertiary alicyclic amines) is 1. The molecule has 3 rings (SSSR count). The molecule has 2 heterocycles. The summed E-state index contributed by atoms with van der Waals surface area (Å²) in [5.74, 6) is 0.918. The van der Waals surface area contributed by atoms with Gasteiger partial charge in [-0.05, 0) is 44.7 Å². The molecular formula is C15H27IN2O2. The smallest absolute Gasteiger partial charge is 0.110 e. The van der Waals surface area contributed by atoms with Crippen LogP contribution in [0.5, 0.6) is 0 Å². The van der Waals surface area contributed by atoms with Gasteiger partial charge in [-0.3, -0.25) is 0 Å². The highest BCUT2D eigenvalue weighted by molar-refractivity contribution is 14.1. The van der Waals surface area contributed by atoms with Crippen LogP contribution in [0.3, 0.4) is 0 Å². The molecular weight excluding hydrogens is 367 g/mol. The van der Waals surface area contributed by atoms with Crippen molar-refractivity contribution in [1.29, 1.82) is 0 Å². The number of nitrogens with one attached hydrogen (secondary N) is 1. The number of rotatable bonds is 5. The maximum Gasteiger partial charge on any atom is 0.110 e. The van der Waals surface area contributed by atoms with Crippen molar-refractivity contribution in [2.45, 2.75) is 56.8 Å². The lowest BCUT2D eigenvalue weighted by atomic mass is 9.91. The van der Waals surface area contributed by atoms with E-state index in [4.69, 9.17) is 7.80 Å². The molecule has 2 saturated heterocycles. The van der Waals surface area contributed by atoms with Gasteiger partial charge in [-0.1, -0.05) is 0 Å². The Hall–Kier alpha value is 0.570. The van der Waals surface area contributed by atoms with E-state index in [1.54, 1.807) is 0 Å². The van der Waals surface area contributed by atoms with E-state index in [0.717, 1.165) is 18.8 Å². The lowest BCUT2D eigenvalue weighted by molar-refractivity contribution is -0.104. The van der Waals surface area contributed by atoms with Crippen molar-refractivity contribution in [3.8, 4) is 0 Å². The zero-order valence-corrected chi connectivity index (χ0v) is 14.4. The van der Waals surface area contributed by atoms with Crippen LogP contribution in [0, 0.1) is 5.92 Å². The molecule has 0 aromatic rings. The van der Waals surface area contributed by atoms with Crippen LogP contribution in [0.4, 0.5) is 0 Å². The molecule has 0 aromatic heterocycles. The lowest BCUT2D eigenvalue weighted by Crippen LogP contribution is -2.44. The summed E-state index contributed by atoms with van der Waals surface area (Å²) in [6, 6.07) is 0. The zero-order valence-electron chi connectivity index (χ0n) is 12.2. The van der Waals surface area contributed by atoms with Crippen molar-refractivity contribution < 1.29 is 7.80 Å². The summed E-state index contributed by atoms with van der Waals surface area (Å²) in [7, 11) is 0. The molecule has 0 bridgehead atoms. The molecule has 0 amide bonds. The Kier molecular flexibility index (Phi) is 5.97. The Morgan fingerprint density at radius 1 is 0.950 bits per heavy atom. The molecule has 1 N–H and O–H groups in total. The third kappa shape index (κ3) is 4.29. The highest BCUT2D eigenvalue weighted by Crippen LogP contribution is 2.30. The van der Waals surface area contributed by atoms with Gasteiger partial charge < -0.3 is 18.0 Å². The van der Waals surface area contributed by atoms with E-state index in [9.17, 15) is 0 Å². The van der Waals surface area contributed by atoms with Crippen LogP contribution in [-0.2, 0) is 7.80 Å². The van der Waals surface area contributed by atoms with E-state index in [1.165, 1.54) is 58.4 Å². The van der Waals surface area contributed by atoms with Crippen LogP contribution >= 0.6 is 23.0 Å². The maximum absolute atomic E-state index is 6.18. The summed E-state index contributed by atoms with van der Waals surface area (Å²) in [5.41, 5.74) is 0. The Morgan fingerprint density at radius 3 is 2.30 bits per heavy atom. The average molecular weight is 394 g/mol. The van der Waals surface area contributed by atoms with Gasteiger partial charge in [-0.2, -0.15) is 0 Å². The largest absolute Gasteiger partial charge is 0.375 e. The molecule has 3 fully saturated rings. The number of halogens is 1. The minimum atomic E-state index is 0.445. The van der Waals surface area contributed by atoms with Gasteiger partial charge in [0.2, 0.25) is 0 Å². The first-order valence-electron chi connectivity index (χ1n) is 8.19. The van der Waals surface area contributed by atoms with Gasteiger partial charge in [0, 0.05) is 32.5 Å². The summed E-state index contributed by atoms with van der Waals surface area (Å²) < 4.78 is 11.5. The van der Waals surface area contributed by atoms with Crippen molar-refractivity contribution >= 4 is 23.0 Å². The second-order valence-electron chi connectivity index (χ2n) is 6.63. The minimum Gasteiger partial charge on any atom is -0.375 e. The fourth-order valence-corrected chi connectivity index (χ4v) is 4.05. The van der Waals surface area contributed by atoms with Gasteiger partial charge in [-0.25, -0.2) is 0 Å². The predicted molar refractivity (Wildman–Crippen MR) is 88.1 cm³/mol. The highest BCUT2D eigenvalue weighted by Gasteiger charge is 2.33. The molecule has 2 aliphatic heterocycles. The van der Waals surface area contributed by atoms with Crippen LogP contribution in [0.2, 0.25) is 0 Å². The Balaban J connectivity index is 1.30. The molecule has 5 heteroatoms. The maximum atomic E-state index is 6.18. The number of piperidine rings is 2. The van der Waals surface area contributed by atoms with E-state index in [0.29, 0.717) is 18.3 Å². The first-order chi connectivity index (χ1) is 9.83. The van der Waals surface area contributed by atoms with Crippen LogP contribution in [0.1, 0.15) is 38.5 Å². The van der Waals surface area contributed by atoms with Crippen molar-refractivity contribution in [1.82, 2.24) is 10.2 Å². The molecule has 20 heavy (non-hydrogen) atoms. The Labute approximate surface area is 136 Å². The van der Waals surface area contributed by atoms with Gasteiger partial charge >= 0.3 is 0 Å². The molecule has 3 aliphatic rings. The molecule has 0 aromatic carbocycles. The first kappa shape index (κ1) is 15.5. The van der Waals surface area contributed by atoms with Crippen LogP contribution < -0.4 is 5.32 Å². The molecule has 0 radical (unpaired) electrons. The number of hydrogen-bond acceptors (Lipinski definition) is 4. The van der Waals surface area contributed by atoms with E-state index in [1.807, 2.05) is 23.0 Å². The summed E-state index contributed by atoms with van der Waals surface area (Å²) in [5, 5.41) is 3.45. The van der Waals surface area contributed by atoms with Crippen LogP contribution in [0.15, 0.2) is 0 Å². The normalized spacial score (nSPS) is 34.0. The van der Waals surface area contributed by atoms with E-state index in [-0.39, 0.29) is 0 Å². The second-order valence-corrected chi connectivity index (χ2v) is 7.14. The fraction of sp³-hybridized carbons (Fsp3) is 1.00. The van der Waals surface area contributed by atoms with Crippen molar-refractivity contribution in [3.05, 3.63) is 0 Å². The number of nitrogens with zero attached hydrogens (tertiary/aromatic N) is 1. The van der Waals surface area contributed by atoms with Gasteiger partial charge in [0.15, 0.2) is 0 Å². The zero-order chi connectivity index (χ0) is 13.8. The second kappa shape index (κ2) is 7.72. The van der Waals surface area contributed by atoms with Crippen LogP contribution in [-0.4, -0.2) is 55.9 Å². The quantitative estimate of drug-likeness (QED) is 0.727. The lowest BCUT2D eigenvalue weighted by Gasteiger charge is -2.40. The average Bonchev–Trinajstić information content (AvgIpc) is 2.45. The summed E-state index contributed by atoms with van der Waals surface area (Å²) in [6.45, 7) is 6.20. The highest BCUT2D eigenvalue weighted by atomic mass is 127. The standard InChI is InChI=1S/C15H27IN2O2/c16-20-15-9-14(10-15)19-13-3-7-18(8-4-13)11-12-1-5-17-6-2-12/h12-15,17H,1-11H2/t14-,15-. The molecule has 1 saturated carbocycles. The van der Waals surface area contributed by atoms with Gasteiger partial charge in [0.25, 0.3) is 0 Å². The number of ether oxygens (including phenoxy) is 1. The minimum absolute atomic E-state index is 0.445. The van der Waals surface area contributed by atoms with Crippen molar-refractivity contribution in [3.63, 3.8) is 0 Å². The molecule has 1 aliphatic carbocycles. The molecule has 116 valence electrons. The molecule has 0 atom stereocenters.